The molecule has 1 atom stereocenters. The quantitative estimate of drug-likeness (QED) is 0.683. The molecule has 3 aromatic rings. The predicted molar refractivity (Wildman–Crippen MR) is 74.5 cm³/mol. The number of benzene rings is 1. The minimum Gasteiger partial charge on any atom is -0.338 e. The van der Waals surface area contributed by atoms with E-state index in [1.54, 1.807) is 31.5 Å². The number of aromatic nitrogens is 4. The zero-order valence-corrected chi connectivity index (χ0v) is 11.3. The maximum atomic E-state index is 12.3. The molecule has 0 fully saturated rings. The molecule has 0 N–H and O–H groups in total. The lowest BCUT2D eigenvalue weighted by molar-refractivity contribution is 0.0951. The van der Waals surface area contributed by atoms with E-state index in [9.17, 15) is 4.79 Å². The van der Waals surface area contributed by atoms with Crippen LogP contribution in [0.3, 0.4) is 0 Å². The van der Waals surface area contributed by atoms with Gasteiger partial charge in [-0.3, -0.25) is 9.78 Å². The van der Waals surface area contributed by atoms with Gasteiger partial charge >= 0.3 is 0 Å². The molecular formula is C15H12N4O2. The minimum atomic E-state index is -0.509. The molecule has 6 nitrogen and oxygen atoms in total. The van der Waals surface area contributed by atoms with E-state index in [0.29, 0.717) is 17.1 Å². The zero-order valence-electron chi connectivity index (χ0n) is 11.3. The highest BCUT2D eigenvalue weighted by molar-refractivity contribution is 6.00. The molecular weight excluding hydrogens is 268 g/mol. The molecule has 0 amide bonds. The number of nitrogens with zero attached hydrogens (tertiary/aromatic N) is 4. The summed E-state index contributed by atoms with van der Waals surface area (Å²) in [5.74, 6) is 0.0191. The summed E-state index contributed by atoms with van der Waals surface area (Å²) in [6, 6.07) is 9.02. The van der Waals surface area contributed by atoms with Crippen LogP contribution in [0.25, 0.3) is 11.5 Å². The van der Waals surface area contributed by atoms with Gasteiger partial charge in [0.05, 0.1) is 12.1 Å². The highest BCUT2D eigenvalue weighted by Gasteiger charge is 2.23. The molecule has 2 heterocycles. The molecule has 0 aliphatic heterocycles. The summed E-state index contributed by atoms with van der Waals surface area (Å²) >= 11 is 0. The van der Waals surface area contributed by atoms with Crippen LogP contribution in [-0.2, 0) is 0 Å². The van der Waals surface area contributed by atoms with Crippen molar-refractivity contribution >= 4 is 5.78 Å². The van der Waals surface area contributed by atoms with E-state index in [0.717, 1.165) is 0 Å². The molecule has 0 spiro atoms. The highest BCUT2D eigenvalue weighted by atomic mass is 16.5. The van der Waals surface area contributed by atoms with Crippen LogP contribution in [0.15, 0.2) is 53.4 Å². The summed E-state index contributed by atoms with van der Waals surface area (Å²) in [4.78, 5) is 24.6. The third-order valence-electron chi connectivity index (χ3n) is 3.06. The summed E-state index contributed by atoms with van der Waals surface area (Å²) in [5, 5.41) is 3.84. The second kappa shape index (κ2) is 5.62. The molecule has 0 saturated heterocycles. The Kier molecular flexibility index (Phi) is 3.51. The van der Waals surface area contributed by atoms with Crippen molar-refractivity contribution in [2.75, 3.05) is 0 Å². The van der Waals surface area contributed by atoms with Gasteiger partial charge in [-0.2, -0.15) is 4.98 Å². The van der Waals surface area contributed by atoms with Crippen LogP contribution >= 0.6 is 0 Å². The lowest BCUT2D eigenvalue weighted by atomic mass is 9.99. The smallest absolute Gasteiger partial charge is 0.237 e. The number of Topliss-reactive ketones (excluding diaryl/α,β-unsaturated/α-hetero) is 1. The fraction of sp³-hybridized carbons (Fsp3) is 0.133. The second-order valence-corrected chi connectivity index (χ2v) is 4.50. The first-order chi connectivity index (χ1) is 10.3. The van der Waals surface area contributed by atoms with Crippen molar-refractivity contribution in [1.82, 2.24) is 20.1 Å². The Morgan fingerprint density at radius 3 is 2.71 bits per heavy atom. The van der Waals surface area contributed by atoms with Gasteiger partial charge in [0.15, 0.2) is 5.78 Å². The maximum absolute atomic E-state index is 12.3. The van der Waals surface area contributed by atoms with Crippen LogP contribution < -0.4 is 0 Å². The van der Waals surface area contributed by atoms with Gasteiger partial charge in [-0.15, -0.1) is 0 Å². The first kappa shape index (κ1) is 13.1. The normalized spacial score (nSPS) is 12.0. The standard InChI is InChI=1S/C15H12N4O2/c1-10(13(20)11-5-3-2-4-6-11)15-18-14(19-21-15)12-9-16-7-8-17-12/h2-10H,1H3. The Hall–Kier alpha value is -2.89. The molecule has 0 bridgehead atoms. The molecule has 2 aromatic heterocycles. The fourth-order valence-corrected chi connectivity index (χ4v) is 1.89. The number of carbonyl (C=O) groups is 1. The lowest BCUT2D eigenvalue weighted by Gasteiger charge is -2.04. The first-order valence-corrected chi connectivity index (χ1v) is 6.45. The average molecular weight is 280 g/mol. The van der Waals surface area contributed by atoms with Crippen molar-refractivity contribution in [2.45, 2.75) is 12.8 Å². The third-order valence-corrected chi connectivity index (χ3v) is 3.06. The molecule has 0 aliphatic carbocycles. The molecule has 1 unspecified atom stereocenters. The topological polar surface area (TPSA) is 81.8 Å². The predicted octanol–water partition coefficient (Wildman–Crippen LogP) is 2.51. The van der Waals surface area contributed by atoms with Gasteiger partial charge in [0, 0.05) is 18.0 Å². The second-order valence-electron chi connectivity index (χ2n) is 4.50. The number of hydrogen-bond acceptors (Lipinski definition) is 6. The summed E-state index contributed by atoms with van der Waals surface area (Å²) in [5.41, 5.74) is 1.12. The molecule has 1 aromatic carbocycles. The van der Waals surface area contributed by atoms with E-state index >= 15 is 0 Å². The van der Waals surface area contributed by atoms with Gasteiger partial charge in [-0.1, -0.05) is 35.5 Å². The minimum absolute atomic E-state index is 0.0649. The number of carbonyl (C=O) groups excluding carboxylic acids is 1. The van der Waals surface area contributed by atoms with Crippen LogP contribution in [0.1, 0.15) is 29.1 Å². The van der Waals surface area contributed by atoms with Crippen LogP contribution in [0.4, 0.5) is 0 Å². The van der Waals surface area contributed by atoms with Crippen molar-refractivity contribution < 1.29 is 9.32 Å². The SMILES string of the molecule is CC(C(=O)c1ccccc1)c1nc(-c2cnccn2)no1. The Morgan fingerprint density at radius 2 is 2.00 bits per heavy atom. The van der Waals surface area contributed by atoms with Gasteiger partial charge in [-0.25, -0.2) is 4.98 Å². The Bertz CT molecular complexity index is 741. The molecule has 6 heteroatoms. The van der Waals surface area contributed by atoms with Gasteiger partial charge < -0.3 is 4.52 Å². The van der Waals surface area contributed by atoms with Crippen LogP contribution in [0, 0.1) is 0 Å². The number of hydrogen-bond donors (Lipinski definition) is 0. The first-order valence-electron chi connectivity index (χ1n) is 6.45. The van der Waals surface area contributed by atoms with Crippen LogP contribution in [0.2, 0.25) is 0 Å². The van der Waals surface area contributed by atoms with E-state index in [2.05, 4.69) is 20.1 Å². The van der Waals surface area contributed by atoms with Crippen molar-refractivity contribution in [3.63, 3.8) is 0 Å². The monoisotopic (exact) mass is 280 g/mol. The van der Waals surface area contributed by atoms with Gasteiger partial charge in [-0.05, 0) is 6.92 Å². The van der Waals surface area contributed by atoms with Gasteiger partial charge in [0.2, 0.25) is 11.7 Å². The van der Waals surface area contributed by atoms with Crippen molar-refractivity contribution in [2.24, 2.45) is 0 Å². The summed E-state index contributed by atoms with van der Waals surface area (Å²) in [7, 11) is 0. The van der Waals surface area contributed by atoms with Crippen molar-refractivity contribution in [1.29, 1.82) is 0 Å². The largest absolute Gasteiger partial charge is 0.338 e. The highest BCUT2D eigenvalue weighted by Crippen LogP contribution is 2.21. The Balaban J connectivity index is 1.85. The van der Waals surface area contributed by atoms with E-state index in [1.807, 2.05) is 18.2 Å². The van der Waals surface area contributed by atoms with E-state index < -0.39 is 5.92 Å². The summed E-state index contributed by atoms with van der Waals surface area (Å²) in [6.07, 6.45) is 4.65. The van der Waals surface area contributed by atoms with Gasteiger partial charge in [0.1, 0.15) is 5.69 Å². The molecule has 0 radical (unpaired) electrons. The Morgan fingerprint density at radius 1 is 1.19 bits per heavy atom. The molecule has 3 rings (SSSR count). The van der Waals surface area contributed by atoms with Crippen molar-refractivity contribution in [3.8, 4) is 11.5 Å². The third kappa shape index (κ3) is 2.69. The molecule has 0 aliphatic rings. The Labute approximate surface area is 120 Å². The van der Waals surface area contributed by atoms with Gasteiger partial charge in [0.25, 0.3) is 0 Å². The van der Waals surface area contributed by atoms with Crippen molar-refractivity contribution in [3.05, 3.63) is 60.4 Å². The summed E-state index contributed by atoms with van der Waals surface area (Å²) in [6.45, 7) is 1.74. The number of ketones is 1. The van der Waals surface area contributed by atoms with E-state index in [-0.39, 0.29) is 11.7 Å². The average Bonchev–Trinajstić information content (AvgIpc) is 3.05. The molecule has 104 valence electrons. The maximum Gasteiger partial charge on any atom is 0.237 e. The van der Waals surface area contributed by atoms with E-state index in [1.165, 1.54) is 6.20 Å². The van der Waals surface area contributed by atoms with Crippen LogP contribution in [0.5, 0.6) is 0 Å². The number of rotatable bonds is 4. The fourth-order valence-electron chi connectivity index (χ4n) is 1.89. The molecule has 0 saturated carbocycles. The zero-order chi connectivity index (χ0) is 14.7. The summed E-state index contributed by atoms with van der Waals surface area (Å²) < 4.78 is 5.17. The van der Waals surface area contributed by atoms with E-state index in [4.69, 9.17) is 4.52 Å². The lowest BCUT2D eigenvalue weighted by Crippen LogP contribution is -2.09. The molecule has 21 heavy (non-hydrogen) atoms. The van der Waals surface area contributed by atoms with Crippen LogP contribution in [-0.4, -0.2) is 25.9 Å².